The summed E-state index contributed by atoms with van der Waals surface area (Å²) in [4.78, 5) is 27.5. The Morgan fingerprint density at radius 3 is 1.96 bits per heavy atom. The number of carbonyl (C=O) groups excluding carboxylic acids is 2. The van der Waals surface area contributed by atoms with E-state index in [1.165, 1.54) is 4.90 Å². The van der Waals surface area contributed by atoms with Crippen LogP contribution in [0.2, 0.25) is 0 Å². The minimum atomic E-state index is -0.178. The van der Waals surface area contributed by atoms with Crippen LogP contribution in [-0.4, -0.2) is 23.3 Å². The second-order valence-electron chi connectivity index (χ2n) is 6.58. The van der Waals surface area contributed by atoms with Crippen LogP contribution in [0.25, 0.3) is 10.8 Å². The lowest BCUT2D eigenvalue weighted by molar-refractivity contribution is 0.0580. The maximum atomic E-state index is 13.0. The zero-order chi connectivity index (χ0) is 18.1. The maximum Gasteiger partial charge on any atom is 0.261 e. The summed E-state index contributed by atoms with van der Waals surface area (Å²) < 4.78 is 1.76. The molecule has 3 rings (SSSR count). The zero-order valence-electron chi connectivity index (χ0n) is 14.4. The van der Waals surface area contributed by atoms with Crippen LogP contribution < -0.4 is 0 Å². The maximum absolute atomic E-state index is 13.0. The van der Waals surface area contributed by atoms with E-state index < -0.39 is 0 Å². The summed E-state index contributed by atoms with van der Waals surface area (Å²) in [5.74, 6) is 0.00174. The molecule has 2 amide bonds. The topological polar surface area (TPSA) is 37.4 Å². The smallest absolute Gasteiger partial charge is 0.261 e. The number of unbranched alkanes of at least 4 members (excludes halogenated alkanes) is 1. The Morgan fingerprint density at radius 1 is 0.920 bits per heavy atom. The Labute approximate surface area is 165 Å². The van der Waals surface area contributed by atoms with Gasteiger partial charge < -0.3 is 0 Å². The van der Waals surface area contributed by atoms with Crippen molar-refractivity contribution in [3.63, 3.8) is 0 Å². The summed E-state index contributed by atoms with van der Waals surface area (Å²) in [5.41, 5.74) is 1.22. The molecule has 0 saturated carbocycles. The van der Waals surface area contributed by atoms with E-state index in [1.807, 2.05) is 24.3 Å². The van der Waals surface area contributed by atoms with Gasteiger partial charge in [0.05, 0.1) is 0 Å². The molecule has 1 unspecified atom stereocenters. The first kappa shape index (κ1) is 18.6. The van der Waals surface area contributed by atoms with Crippen molar-refractivity contribution in [3.05, 3.63) is 44.3 Å². The highest BCUT2D eigenvalue weighted by molar-refractivity contribution is 9.11. The molecule has 0 spiro atoms. The van der Waals surface area contributed by atoms with Gasteiger partial charge in [-0.1, -0.05) is 65.0 Å². The Bertz CT molecular complexity index is 790. The molecule has 1 aliphatic rings. The molecule has 25 heavy (non-hydrogen) atoms. The molecule has 5 heteroatoms. The molecule has 3 nitrogen and oxygen atoms in total. The lowest BCUT2D eigenvalue weighted by Gasteiger charge is -2.30. The fourth-order valence-electron chi connectivity index (χ4n) is 3.49. The summed E-state index contributed by atoms with van der Waals surface area (Å²) >= 11 is 7.08. The van der Waals surface area contributed by atoms with Crippen molar-refractivity contribution in [2.75, 3.05) is 6.54 Å². The van der Waals surface area contributed by atoms with Gasteiger partial charge in [-0.05, 0) is 36.6 Å². The number of halogens is 2. The molecule has 132 valence electrons. The molecule has 1 aliphatic heterocycles. The number of nitrogens with zero attached hydrogens (tertiary/aromatic N) is 1. The van der Waals surface area contributed by atoms with Crippen LogP contribution in [0.1, 0.15) is 60.2 Å². The van der Waals surface area contributed by atoms with Crippen LogP contribution in [0.5, 0.6) is 0 Å². The van der Waals surface area contributed by atoms with Gasteiger partial charge in [-0.3, -0.25) is 14.5 Å². The van der Waals surface area contributed by atoms with Crippen LogP contribution in [0, 0.1) is 5.92 Å². The van der Waals surface area contributed by atoms with E-state index in [1.54, 1.807) is 0 Å². The summed E-state index contributed by atoms with van der Waals surface area (Å²) in [5, 5.41) is 1.63. The molecule has 0 saturated heterocycles. The Kier molecular flexibility index (Phi) is 5.64. The molecule has 2 aromatic rings. The van der Waals surface area contributed by atoms with Crippen molar-refractivity contribution in [3.8, 4) is 0 Å². The first-order chi connectivity index (χ1) is 12.0. The third-order valence-electron chi connectivity index (χ3n) is 4.99. The predicted molar refractivity (Wildman–Crippen MR) is 108 cm³/mol. The standard InChI is InChI=1S/C20H21Br2NO2/c1-3-5-6-12(4-2)11-23-19(24)13-7-9-15(21)18-16(22)10-8-14(17(13)18)20(23)25/h7-10,12H,3-6,11H2,1-2H3. The quantitative estimate of drug-likeness (QED) is 0.476. The highest BCUT2D eigenvalue weighted by Crippen LogP contribution is 2.38. The molecule has 0 N–H and O–H groups in total. The van der Waals surface area contributed by atoms with E-state index >= 15 is 0 Å². The second kappa shape index (κ2) is 7.58. The third-order valence-corrected chi connectivity index (χ3v) is 6.32. The number of rotatable bonds is 6. The molecule has 0 aliphatic carbocycles. The van der Waals surface area contributed by atoms with E-state index in [-0.39, 0.29) is 11.8 Å². The summed E-state index contributed by atoms with van der Waals surface area (Å²) in [6.45, 7) is 4.79. The van der Waals surface area contributed by atoms with Crippen molar-refractivity contribution in [2.24, 2.45) is 5.92 Å². The minimum absolute atomic E-state index is 0.178. The van der Waals surface area contributed by atoms with Crippen molar-refractivity contribution in [1.82, 2.24) is 4.90 Å². The van der Waals surface area contributed by atoms with Gasteiger partial charge in [0.25, 0.3) is 11.8 Å². The Balaban J connectivity index is 2.05. The van der Waals surface area contributed by atoms with E-state index in [9.17, 15) is 9.59 Å². The van der Waals surface area contributed by atoms with Crippen LogP contribution in [0.15, 0.2) is 33.2 Å². The van der Waals surface area contributed by atoms with E-state index in [4.69, 9.17) is 0 Å². The normalized spacial score (nSPS) is 15.1. The first-order valence-corrected chi connectivity index (χ1v) is 10.3. The third kappa shape index (κ3) is 3.28. The van der Waals surface area contributed by atoms with Crippen molar-refractivity contribution in [1.29, 1.82) is 0 Å². The van der Waals surface area contributed by atoms with Crippen LogP contribution in [0.4, 0.5) is 0 Å². The molecular formula is C20H21Br2NO2. The monoisotopic (exact) mass is 465 g/mol. The summed E-state index contributed by atoms with van der Waals surface area (Å²) in [6.07, 6.45) is 4.27. The average Bonchev–Trinajstić information content (AvgIpc) is 2.60. The van der Waals surface area contributed by atoms with Gasteiger partial charge in [-0.15, -0.1) is 0 Å². The number of imide groups is 1. The van der Waals surface area contributed by atoms with Gasteiger partial charge in [0, 0.05) is 37.4 Å². The average molecular weight is 467 g/mol. The minimum Gasteiger partial charge on any atom is -0.274 e. The summed E-state index contributed by atoms with van der Waals surface area (Å²) in [6, 6.07) is 7.40. The van der Waals surface area contributed by atoms with Gasteiger partial charge in [-0.2, -0.15) is 0 Å². The van der Waals surface area contributed by atoms with Crippen molar-refractivity contribution in [2.45, 2.75) is 39.5 Å². The van der Waals surface area contributed by atoms with Crippen LogP contribution in [-0.2, 0) is 0 Å². The van der Waals surface area contributed by atoms with Gasteiger partial charge in [-0.25, -0.2) is 0 Å². The van der Waals surface area contributed by atoms with Gasteiger partial charge in [0.15, 0.2) is 0 Å². The van der Waals surface area contributed by atoms with E-state index in [2.05, 4.69) is 45.7 Å². The number of benzene rings is 2. The first-order valence-electron chi connectivity index (χ1n) is 8.76. The SMILES string of the molecule is CCCCC(CC)CN1C(=O)c2ccc(Br)c3c(Br)ccc(c23)C1=O. The van der Waals surface area contributed by atoms with Gasteiger partial charge in [0.1, 0.15) is 0 Å². The largest absolute Gasteiger partial charge is 0.274 e. The highest BCUT2D eigenvalue weighted by atomic mass is 79.9. The van der Waals surface area contributed by atoms with Crippen LogP contribution in [0.3, 0.4) is 0 Å². The summed E-state index contributed by atoms with van der Waals surface area (Å²) in [7, 11) is 0. The van der Waals surface area contributed by atoms with Gasteiger partial charge >= 0.3 is 0 Å². The fraction of sp³-hybridized carbons (Fsp3) is 0.400. The fourth-order valence-corrected chi connectivity index (χ4v) is 4.85. The molecule has 0 fully saturated rings. The predicted octanol–water partition coefficient (Wildman–Crippen LogP) is 6.18. The van der Waals surface area contributed by atoms with E-state index in [0.29, 0.717) is 23.6 Å². The van der Waals surface area contributed by atoms with Crippen molar-refractivity contribution >= 4 is 54.4 Å². The number of hydrogen-bond donors (Lipinski definition) is 0. The highest BCUT2D eigenvalue weighted by Gasteiger charge is 2.34. The molecular weight excluding hydrogens is 446 g/mol. The number of amides is 2. The molecule has 0 aromatic heterocycles. The zero-order valence-corrected chi connectivity index (χ0v) is 17.6. The number of carbonyl (C=O) groups is 2. The molecule has 0 radical (unpaired) electrons. The second-order valence-corrected chi connectivity index (χ2v) is 8.29. The van der Waals surface area contributed by atoms with E-state index in [0.717, 1.165) is 45.4 Å². The molecule has 1 atom stereocenters. The lowest BCUT2D eigenvalue weighted by Crippen LogP contribution is -2.43. The van der Waals surface area contributed by atoms with Crippen molar-refractivity contribution < 1.29 is 9.59 Å². The molecule has 0 bridgehead atoms. The Morgan fingerprint density at radius 2 is 1.48 bits per heavy atom. The number of hydrogen-bond acceptors (Lipinski definition) is 2. The Hall–Kier alpha value is -1.20. The lowest BCUT2D eigenvalue weighted by atomic mass is 9.92. The van der Waals surface area contributed by atoms with Gasteiger partial charge in [0.2, 0.25) is 0 Å². The molecule has 1 heterocycles. The van der Waals surface area contributed by atoms with Crippen LogP contribution >= 0.6 is 31.9 Å². The molecule has 2 aromatic carbocycles.